The van der Waals surface area contributed by atoms with Crippen molar-refractivity contribution in [1.29, 1.82) is 0 Å². The van der Waals surface area contributed by atoms with E-state index in [0.717, 1.165) is 13.0 Å². The van der Waals surface area contributed by atoms with Crippen molar-refractivity contribution >= 4 is 6.29 Å². The van der Waals surface area contributed by atoms with Crippen molar-refractivity contribution in [3.63, 3.8) is 0 Å². The summed E-state index contributed by atoms with van der Waals surface area (Å²) in [6.45, 7) is 3.27. The minimum absolute atomic E-state index is 0.121. The predicted molar refractivity (Wildman–Crippen MR) is 123 cm³/mol. The Hall–Kier alpha value is -1.15. The number of unbranched alkanes of at least 4 members (excludes halogenated alkanes) is 13. The maximum Gasteiger partial charge on any atom is 0.217 e. The van der Waals surface area contributed by atoms with Gasteiger partial charge >= 0.3 is 0 Å². The third-order valence-electron chi connectivity index (χ3n) is 5.80. The Labute approximate surface area is 175 Å². The molecule has 28 heavy (non-hydrogen) atoms. The van der Waals surface area contributed by atoms with Gasteiger partial charge in [0.25, 0.3) is 0 Å². The highest BCUT2D eigenvalue weighted by molar-refractivity contribution is 5.59. The lowest BCUT2D eigenvalue weighted by Crippen LogP contribution is -2.35. The van der Waals surface area contributed by atoms with Gasteiger partial charge in [-0.1, -0.05) is 121 Å². The zero-order chi connectivity index (χ0) is 20.3. The first-order chi connectivity index (χ1) is 13.8. The molecule has 0 aromatic heterocycles. The van der Waals surface area contributed by atoms with E-state index in [9.17, 15) is 4.79 Å². The lowest BCUT2D eigenvalue weighted by molar-refractivity contribution is 0.280. The van der Waals surface area contributed by atoms with Gasteiger partial charge in [-0.05, 0) is 32.0 Å². The van der Waals surface area contributed by atoms with E-state index in [-0.39, 0.29) is 6.04 Å². The molecule has 0 bridgehead atoms. The number of carbonyl (C=O) groups excluding carboxylic acids is 1. The first-order valence-corrected chi connectivity index (χ1v) is 11.9. The van der Waals surface area contributed by atoms with E-state index in [4.69, 9.17) is 0 Å². The SMILES string of the molecule is CCCCCCCCCCCCCCCCN(C)C([C]=O)Cc1ccccc1. The summed E-state index contributed by atoms with van der Waals surface area (Å²) in [5.74, 6) is 0. The second-order valence-corrected chi connectivity index (χ2v) is 8.40. The van der Waals surface area contributed by atoms with Crippen molar-refractivity contribution in [2.24, 2.45) is 0 Å². The van der Waals surface area contributed by atoms with Crippen molar-refractivity contribution < 1.29 is 4.79 Å². The van der Waals surface area contributed by atoms with E-state index in [1.807, 2.05) is 18.2 Å². The van der Waals surface area contributed by atoms with Crippen LogP contribution in [0.15, 0.2) is 30.3 Å². The number of likely N-dealkylation sites (N-methyl/N-ethyl adjacent to an activating group) is 1. The number of hydrogen-bond donors (Lipinski definition) is 0. The van der Waals surface area contributed by atoms with Crippen LogP contribution in [0, 0.1) is 0 Å². The Morgan fingerprint density at radius 1 is 0.750 bits per heavy atom. The second kappa shape index (κ2) is 17.9. The largest absolute Gasteiger partial charge is 0.296 e. The molecule has 0 heterocycles. The van der Waals surface area contributed by atoms with Crippen LogP contribution in [0.1, 0.15) is 102 Å². The van der Waals surface area contributed by atoms with Crippen LogP contribution in [0.5, 0.6) is 0 Å². The van der Waals surface area contributed by atoms with Crippen LogP contribution in [0.2, 0.25) is 0 Å². The Morgan fingerprint density at radius 2 is 1.21 bits per heavy atom. The summed E-state index contributed by atoms with van der Waals surface area (Å²) < 4.78 is 0. The zero-order valence-electron chi connectivity index (χ0n) is 18.6. The molecule has 0 N–H and O–H groups in total. The normalized spacial score (nSPS) is 12.4. The molecule has 1 atom stereocenters. The molecule has 1 unspecified atom stereocenters. The zero-order valence-corrected chi connectivity index (χ0v) is 18.6. The Morgan fingerprint density at radius 3 is 1.68 bits per heavy atom. The molecular formula is C26H44NO. The van der Waals surface area contributed by atoms with E-state index in [0.29, 0.717) is 0 Å². The summed E-state index contributed by atoms with van der Waals surface area (Å²) in [4.78, 5) is 13.5. The van der Waals surface area contributed by atoms with Crippen molar-refractivity contribution in [3.05, 3.63) is 35.9 Å². The number of benzene rings is 1. The van der Waals surface area contributed by atoms with Gasteiger partial charge in [0.1, 0.15) is 0 Å². The second-order valence-electron chi connectivity index (χ2n) is 8.40. The lowest BCUT2D eigenvalue weighted by Gasteiger charge is -2.23. The van der Waals surface area contributed by atoms with Gasteiger partial charge in [-0.3, -0.25) is 9.69 Å². The summed E-state index contributed by atoms with van der Waals surface area (Å²) in [7, 11) is 2.06. The molecule has 0 aliphatic carbocycles. The molecule has 1 radical (unpaired) electrons. The molecule has 1 rings (SSSR count). The van der Waals surface area contributed by atoms with E-state index in [1.54, 1.807) is 0 Å². The molecular weight excluding hydrogens is 342 g/mol. The fourth-order valence-electron chi connectivity index (χ4n) is 3.84. The van der Waals surface area contributed by atoms with Crippen LogP contribution in [0.25, 0.3) is 0 Å². The summed E-state index contributed by atoms with van der Waals surface area (Å²) in [6, 6.07) is 10.1. The standard InChI is InChI=1S/C26H44NO/c1-3-4-5-6-7-8-9-10-11-12-13-14-15-19-22-27(2)26(24-28)23-25-20-17-16-18-21-25/h16-18,20-21,26H,3-15,19,22-23H2,1-2H3. The molecule has 0 aliphatic rings. The molecule has 1 aromatic rings. The average molecular weight is 387 g/mol. The molecule has 0 saturated carbocycles. The first kappa shape index (κ1) is 24.9. The Kier molecular flexibility index (Phi) is 15.9. The predicted octanol–water partition coefficient (Wildman–Crippen LogP) is 7.12. The fourth-order valence-corrected chi connectivity index (χ4v) is 3.84. The molecule has 0 amide bonds. The van der Waals surface area contributed by atoms with Crippen molar-refractivity contribution in [1.82, 2.24) is 4.90 Å². The van der Waals surface area contributed by atoms with Gasteiger partial charge in [-0.2, -0.15) is 0 Å². The molecule has 2 nitrogen and oxygen atoms in total. The average Bonchev–Trinajstić information content (AvgIpc) is 2.72. The van der Waals surface area contributed by atoms with Gasteiger partial charge in [-0.15, -0.1) is 0 Å². The van der Waals surface area contributed by atoms with Gasteiger partial charge in [-0.25, -0.2) is 0 Å². The summed E-state index contributed by atoms with van der Waals surface area (Å²) in [6.07, 6.45) is 22.3. The highest BCUT2D eigenvalue weighted by atomic mass is 16.1. The molecule has 0 spiro atoms. The smallest absolute Gasteiger partial charge is 0.217 e. The lowest BCUT2D eigenvalue weighted by atomic mass is 10.0. The highest BCUT2D eigenvalue weighted by Gasteiger charge is 2.14. The first-order valence-electron chi connectivity index (χ1n) is 11.9. The maximum atomic E-state index is 11.3. The van der Waals surface area contributed by atoms with E-state index < -0.39 is 0 Å². The van der Waals surface area contributed by atoms with Crippen molar-refractivity contribution in [3.8, 4) is 0 Å². The van der Waals surface area contributed by atoms with Crippen molar-refractivity contribution in [2.45, 2.75) is 109 Å². The molecule has 0 fully saturated rings. The van der Waals surface area contributed by atoms with Crippen molar-refractivity contribution in [2.75, 3.05) is 13.6 Å². The van der Waals surface area contributed by atoms with Crippen LogP contribution in [0.4, 0.5) is 0 Å². The highest BCUT2D eigenvalue weighted by Crippen LogP contribution is 2.13. The van der Waals surface area contributed by atoms with Crippen LogP contribution >= 0.6 is 0 Å². The molecule has 0 aliphatic heterocycles. The number of rotatable bonds is 19. The van der Waals surface area contributed by atoms with Gasteiger partial charge in [0.15, 0.2) is 0 Å². The summed E-state index contributed by atoms with van der Waals surface area (Å²) in [5, 5.41) is 0. The van der Waals surface area contributed by atoms with Gasteiger partial charge in [0, 0.05) is 0 Å². The molecule has 0 saturated heterocycles. The molecule has 2 heteroatoms. The van der Waals surface area contributed by atoms with E-state index in [2.05, 4.69) is 37.3 Å². The minimum atomic E-state index is -0.121. The van der Waals surface area contributed by atoms with E-state index in [1.165, 1.54) is 95.5 Å². The Bertz CT molecular complexity index is 459. The summed E-state index contributed by atoms with van der Waals surface area (Å²) in [5.41, 5.74) is 1.21. The third kappa shape index (κ3) is 13.1. The van der Waals surface area contributed by atoms with Gasteiger partial charge in [0.2, 0.25) is 6.29 Å². The molecule has 159 valence electrons. The van der Waals surface area contributed by atoms with Crippen LogP contribution in [-0.4, -0.2) is 30.8 Å². The quantitative estimate of drug-likeness (QED) is 0.236. The van der Waals surface area contributed by atoms with Crippen LogP contribution in [0.3, 0.4) is 0 Å². The van der Waals surface area contributed by atoms with E-state index >= 15 is 0 Å². The maximum absolute atomic E-state index is 11.3. The Balaban J connectivity index is 1.92. The monoisotopic (exact) mass is 386 g/mol. The van der Waals surface area contributed by atoms with Crippen LogP contribution < -0.4 is 0 Å². The van der Waals surface area contributed by atoms with Gasteiger partial charge < -0.3 is 0 Å². The minimum Gasteiger partial charge on any atom is -0.296 e. The fraction of sp³-hybridized carbons (Fsp3) is 0.731. The summed E-state index contributed by atoms with van der Waals surface area (Å²) >= 11 is 0. The number of nitrogens with zero attached hydrogens (tertiary/aromatic N) is 1. The van der Waals surface area contributed by atoms with Gasteiger partial charge in [0.05, 0.1) is 6.04 Å². The topological polar surface area (TPSA) is 20.3 Å². The molecule has 1 aromatic carbocycles. The van der Waals surface area contributed by atoms with Crippen LogP contribution in [-0.2, 0) is 11.2 Å². The number of hydrogen-bond acceptors (Lipinski definition) is 2. The third-order valence-corrected chi connectivity index (χ3v) is 5.80.